The molecular formula is C12H10O3S. The number of carbonyl (C=O) groups excluding carboxylic acids is 2. The molecule has 4 heteroatoms. The zero-order valence-electron chi connectivity index (χ0n) is 8.67. The molecule has 0 spiro atoms. The van der Waals surface area contributed by atoms with E-state index in [0.717, 1.165) is 0 Å². The summed E-state index contributed by atoms with van der Waals surface area (Å²) in [6, 6.07) is 5.08. The Bertz CT molecular complexity index is 448. The second-order valence-corrected chi connectivity index (χ2v) is 4.25. The summed E-state index contributed by atoms with van der Waals surface area (Å²) in [6.45, 7) is 1.40. The number of ketones is 1. The average Bonchev–Trinajstić information content (AvgIpc) is 2.89. The maximum Gasteiger partial charge on any atom is 0.167 e. The molecule has 0 aromatic carbocycles. The fraction of sp³-hybridized carbons (Fsp3) is 0.167. The van der Waals surface area contributed by atoms with Gasteiger partial charge in [-0.15, -0.1) is 0 Å². The molecule has 2 aromatic heterocycles. The molecule has 0 saturated carbocycles. The first-order valence-corrected chi connectivity index (χ1v) is 5.70. The molecule has 0 fully saturated rings. The second kappa shape index (κ2) is 4.06. The number of aldehydes is 1. The van der Waals surface area contributed by atoms with Crippen molar-refractivity contribution in [1.29, 1.82) is 0 Å². The minimum atomic E-state index is -1.29. The molecule has 2 heterocycles. The molecule has 0 aliphatic rings. The van der Waals surface area contributed by atoms with Crippen LogP contribution in [0, 0.1) is 0 Å². The zero-order chi connectivity index (χ0) is 11.6. The van der Waals surface area contributed by atoms with Crippen LogP contribution in [0.15, 0.2) is 39.6 Å². The van der Waals surface area contributed by atoms with Crippen molar-refractivity contribution in [2.45, 2.75) is 12.3 Å². The van der Waals surface area contributed by atoms with Gasteiger partial charge in [-0.05, 0) is 41.4 Å². The third-order valence-electron chi connectivity index (χ3n) is 2.62. The van der Waals surface area contributed by atoms with Gasteiger partial charge < -0.3 is 9.21 Å². The van der Waals surface area contributed by atoms with E-state index in [9.17, 15) is 9.59 Å². The van der Waals surface area contributed by atoms with Gasteiger partial charge in [0.1, 0.15) is 12.0 Å². The van der Waals surface area contributed by atoms with Gasteiger partial charge in [-0.1, -0.05) is 0 Å². The van der Waals surface area contributed by atoms with Crippen molar-refractivity contribution < 1.29 is 14.0 Å². The highest BCUT2D eigenvalue weighted by Gasteiger charge is 2.42. The Labute approximate surface area is 96.7 Å². The summed E-state index contributed by atoms with van der Waals surface area (Å²) >= 11 is 1.44. The van der Waals surface area contributed by atoms with Crippen LogP contribution in [0.4, 0.5) is 0 Å². The van der Waals surface area contributed by atoms with Gasteiger partial charge in [0.2, 0.25) is 0 Å². The molecule has 0 amide bonds. The largest absolute Gasteiger partial charge is 0.467 e. The van der Waals surface area contributed by atoms with Gasteiger partial charge in [0.05, 0.1) is 6.26 Å². The Hall–Kier alpha value is -1.68. The van der Waals surface area contributed by atoms with Crippen LogP contribution in [0.25, 0.3) is 0 Å². The van der Waals surface area contributed by atoms with Crippen molar-refractivity contribution >= 4 is 23.4 Å². The normalized spacial score (nSPS) is 14.3. The molecule has 2 rings (SSSR count). The Balaban J connectivity index is 2.66. The monoisotopic (exact) mass is 234 g/mol. The van der Waals surface area contributed by atoms with E-state index in [0.29, 0.717) is 17.6 Å². The van der Waals surface area contributed by atoms with Crippen LogP contribution in [-0.2, 0) is 15.0 Å². The summed E-state index contributed by atoms with van der Waals surface area (Å²) in [5.41, 5.74) is -0.626. The zero-order valence-corrected chi connectivity index (χ0v) is 9.49. The van der Waals surface area contributed by atoms with E-state index in [2.05, 4.69) is 0 Å². The lowest BCUT2D eigenvalue weighted by Crippen LogP contribution is -2.36. The van der Waals surface area contributed by atoms with Crippen LogP contribution >= 0.6 is 11.3 Å². The van der Waals surface area contributed by atoms with Crippen molar-refractivity contribution in [3.63, 3.8) is 0 Å². The first-order chi connectivity index (χ1) is 7.71. The topological polar surface area (TPSA) is 47.3 Å². The van der Waals surface area contributed by atoms with Crippen LogP contribution < -0.4 is 0 Å². The highest BCUT2D eigenvalue weighted by Crippen LogP contribution is 2.33. The minimum Gasteiger partial charge on any atom is -0.467 e. The van der Waals surface area contributed by atoms with Crippen molar-refractivity contribution in [2.24, 2.45) is 0 Å². The predicted molar refractivity (Wildman–Crippen MR) is 60.6 cm³/mol. The van der Waals surface area contributed by atoms with Crippen LogP contribution in [0.3, 0.4) is 0 Å². The van der Waals surface area contributed by atoms with Crippen LogP contribution in [0.5, 0.6) is 0 Å². The van der Waals surface area contributed by atoms with Crippen LogP contribution in [-0.4, -0.2) is 12.1 Å². The van der Waals surface area contributed by atoms with Crippen molar-refractivity contribution in [3.8, 4) is 0 Å². The molecular weight excluding hydrogens is 224 g/mol. The van der Waals surface area contributed by atoms with Crippen molar-refractivity contribution in [2.75, 3.05) is 0 Å². The minimum absolute atomic E-state index is 0.240. The molecule has 82 valence electrons. The van der Waals surface area contributed by atoms with E-state index in [1.54, 1.807) is 23.6 Å². The molecule has 3 nitrogen and oxygen atoms in total. The summed E-state index contributed by atoms with van der Waals surface area (Å²) in [5, 5.41) is 3.62. The SMILES string of the molecule is CC(=O)C(C=O)(c1ccsc1)c1ccco1. The van der Waals surface area contributed by atoms with E-state index in [1.807, 2.05) is 5.38 Å². The molecule has 0 radical (unpaired) electrons. The van der Waals surface area contributed by atoms with Gasteiger partial charge in [0, 0.05) is 0 Å². The number of hydrogen-bond donors (Lipinski definition) is 0. The molecule has 0 saturated heterocycles. The lowest BCUT2D eigenvalue weighted by atomic mass is 9.78. The summed E-state index contributed by atoms with van der Waals surface area (Å²) < 4.78 is 5.23. The van der Waals surface area contributed by atoms with Gasteiger partial charge in [0.25, 0.3) is 0 Å². The molecule has 1 unspecified atom stereocenters. The van der Waals surface area contributed by atoms with Gasteiger partial charge in [0.15, 0.2) is 11.2 Å². The summed E-state index contributed by atoms with van der Waals surface area (Å²) in [4.78, 5) is 23.2. The number of rotatable bonds is 4. The highest BCUT2D eigenvalue weighted by molar-refractivity contribution is 7.08. The molecule has 0 aliphatic carbocycles. The quantitative estimate of drug-likeness (QED) is 0.603. The lowest BCUT2D eigenvalue weighted by Gasteiger charge is -2.21. The van der Waals surface area contributed by atoms with Crippen molar-refractivity contribution in [3.05, 3.63) is 46.5 Å². The standard InChI is InChI=1S/C12H10O3S/c1-9(14)12(8-13,10-4-6-16-7-10)11-3-2-5-15-11/h2-8H,1H3. The van der Waals surface area contributed by atoms with Crippen molar-refractivity contribution in [1.82, 2.24) is 0 Å². The molecule has 0 bridgehead atoms. The van der Waals surface area contributed by atoms with E-state index in [-0.39, 0.29) is 5.78 Å². The fourth-order valence-corrected chi connectivity index (χ4v) is 2.43. The molecule has 1 atom stereocenters. The molecule has 0 aliphatic heterocycles. The predicted octanol–water partition coefficient (Wildman–Crippen LogP) is 2.42. The second-order valence-electron chi connectivity index (χ2n) is 3.47. The Morgan fingerprint density at radius 3 is 2.75 bits per heavy atom. The van der Waals surface area contributed by atoms with Gasteiger partial charge in [-0.2, -0.15) is 11.3 Å². The maximum atomic E-state index is 11.8. The Kier molecular flexibility index (Phi) is 2.75. The fourth-order valence-electron chi connectivity index (χ4n) is 1.72. The number of carbonyl (C=O) groups is 2. The van der Waals surface area contributed by atoms with Gasteiger partial charge in [-0.25, -0.2) is 0 Å². The molecule has 2 aromatic rings. The number of Topliss-reactive ketones (excluding diaryl/α,β-unsaturated/α-hetero) is 1. The number of hydrogen-bond acceptors (Lipinski definition) is 4. The smallest absolute Gasteiger partial charge is 0.167 e. The van der Waals surface area contributed by atoms with E-state index in [1.165, 1.54) is 24.5 Å². The maximum absolute atomic E-state index is 11.8. The summed E-state index contributed by atoms with van der Waals surface area (Å²) in [7, 11) is 0. The Morgan fingerprint density at radius 1 is 1.50 bits per heavy atom. The van der Waals surface area contributed by atoms with Crippen LogP contribution in [0.1, 0.15) is 18.2 Å². The Morgan fingerprint density at radius 2 is 2.31 bits per heavy atom. The summed E-state index contributed by atoms with van der Waals surface area (Å²) in [6.07, 6.45) is 2.11. The van der Waals surface area contributed by atoms with E-state index < -0.39 is 5.41 Å². The average molecular weight is 234 g/mol. The summed E-state index contributed by atoms with van der Waals surface area (Å²) in [5.74, 6) is 0.129. The number of furan rings is 1. The lowest BCUT2D eigenvalue weighted by molar-refractivity contribution is -0.126. The molecule has 16 heavy (non-hydrogen) atoms. The molecule has 0 N–H and O–H groups in total. The third kappa shape index (κ3) is 1.42. The third-order valence-corrected chi connectivity index (χ3v) is 3.30. The number of thiophene rings is 1. The van der Waals surface area contributed by atoms with E-state index in [4.69, 9.17) is 4.42 Å². The van der Waals surface area contributed by atoms with E-state index >= 15 is 0 Å². The van der Waals surface area contributed by atoms with Gasteiger partial charge >= 0.3 is 0 Å². The van der Waals surface area contributed by atoms with Gasteiger partial charge in [-0.3, -0.25) is 4.79 Å². The van der Waals surface area contributed by atoms with Crippen LogP contribution in [0.2, 0.25) is 0 Å². The highest BCUT2D eigenvalue weighted by atomic mass is 32.1. The first-order valence-electron chi connectivity index (χ1n) is 4.76. The first kappa shape index (κ1) is 10.8.